The average Bonchev–Trinajstić information content (AvgIpc) is 2.35. The predicted molar refractivity (Wildman–Crippen MR) is 76.5 cm³/mol. The minimum absolute atomic E-state index is 0.103. The molecular formula is C14H23ClN2O. The van der Waals surface area contributed by atoms with Crippen LogP contribution >= 0.6 is 11.6 Å². The van der Waals surface area contributed by atoms with Crippen LogP contribution < -0.4 is 11.3 Å². The first-order valence-electron chi connectivity index (χ1n) is 6.40. The number of halogens is 1. The van der Waals surface area contributed by atoms with Crippen LogP contribution in [-0.2, 0) is 11.2 Å². The number of hydrogen-bond acceptors (Lipinski definition) is 3. The number of nitrogens with two attached hydrogens (primary N) is 1. The number of benzene rings is 1. The summed E-state index contributed by atoms with van der Waals surface area (Å²) in [5, 5.41) is 0.751. The van der Waals surface area contributed by atoms with Crippen LogP contribution in [0.5, 0.6) is 0 Å². The SMILES string of the molecule is CCOC(C(C)C)C(Cc1ccc(Cl)cc1)NN. The normalized spacial score (nSPS) is 14.8. The van der Waals surface area contributed by atoms with Gasteiger partial charge in [0.05, 0.1) is 12.1 Å². The monoisotopic (exact) mass is 270 g/mol. The molecule has 2 unspecified atom stereocenters. The van der Waals surface area contributed by atoms with Gasteiger partial charge < -0.3 is 4.74 Å². The van der Waals surface area contributed by atoms with E-state index in [9.17, 15) is 0 Å². The Hall–Kier alpha value is -0.610. The van der Waals surface area contributed by atoms with Crippen molar-refractivity contribution in [2.24, 2.45) is 11.8 Å². The summed E-state index contributed by atoms with van der Waals surface area (Å²) in [4.78, 5) is 0. The molecule has 3 nitrogen and oxygen atoms in total. The summed E-state index contributed by atoms with van der Waals surface area (Å²) in [6.45, 7) is 6.99. The van der Waals surface area contributed by atoms with Gasteiger partial charge in [0.25, 0.3) is 0 Å². The van der Waals surface area contributed by atoms with Crippen molar-refractivity contribution < 1.29 is 4.74 Å². The summed E-state index contributed by atoms with van der Waals surface area (Å²) >= 11 is 5.88. The van der Waals surface area contributed by atoms with Crippen molar-refractivity contribution in [2.75, 3.05) is 6.61 Å². The second kappa shape index (κ2) is 7.74. The Morgan fingerprint density at radius 1 is 1.28 bits per heavy atom. The molecular weight excluding hydrogens is 248 g/mol. The fraction of sp³-hybridized carbons (Fsp3) is 0.571. The first-order valence-corrected chi connectivity index (χ1v) is 6.78. The van der Waals surface area contributed by atoms with Crippen LogP contribution in [0.4, 0.5) is 0 Å². The molecule has 1 aromatic rings. The molecule has 0 radical (unpaired) electrons. The molecule has 2 atom stereocenters. The molecule has 0 aromatic heterocycles. The number of hydrazine groups is 1. The molecule has 18 heavy (non-hydrogen) atoms. The molecule has 0 bridgehead atoms. The van der Waals surface area contributed by atoms with Crippen LogP contribution in [0.3, 0.4) is 0 Å². The summed E-state index contributed by atoms with van der Waals surface area (Å²) in [6.07, 6.45) is 0.937. The van der Waals surface area contributed by atoms with E-state index in [1.165, 1.54) is 5.56 Å². The lowest BCUT2D eigenvalue weighted by Crippen LogP contribution is -2.48. The van der Waals surface area contributed by atoms with Gasteiger partial charge in [-0.15, -0.1) is 0 Å². The van der Waals surface area contributed by atoms with E-state index in [2.05, 4.69) is 19.3 Å². The van der Waals surface area contributed by atoms with Gasteiger partial charge in [-0.05, 0) is 37.0 Å². The Morgan fingerprint density at radius 2 is 1.89 bits per heavy atom. The van der Waals surface area contributed by atoms with Crippen molar-refractivity contribution in [3.05, 3.63) is 34.9 Å². The van der Waals surface area contributed by atoms with Gasteiger partial charge in [-0.2, -0.15) is 0 Å². The van der Waals surface area contributed by atoms with E-state index >= 15 is 0 Å². The molecule has 0 amide bonds. The van der Waals surface area contributed by atoms with Crippen LogP contribution in [0.25, 0.3) is 0 Å². The van der Waals surface area contributed by atoms with Crippen LogP contribution in [0, 0.1) is 5.92 Å². The second-order valence-corrected chi connectivity index (χ2v) is 5.20. The number of nitrogens with one attached hydrogen (secondary N) is 1. The highest BCUT2D eigenvalue weighted by molar-refractivity contribution is 6.30. The fourth-order valence-electron chi connectivity index (χ4n) is 2.11. The van der Waals surface area contributed by atoms with Crippen molar-refractivity contribution in [3.63, 3.8) is 0 Å². The smallest absolute Gasteiger partial charge is 0.0767 e. The Morgan fingerprint density at radius 3 is 2.33 bits per heavy atom. The third kappa shape index (κ3) is 4.58. The zero-order chi connectivity index (χ0) is 13.5. The van der Waals surface area contributed by atoms with Gasteiger partial charge in [-0.25, -0.2) is 0 Å². The molecule has 3 N–H and O–H groups in total. The molecule has 0 saturated carbocycles. The van der Waals surface area contributed by atoms with E-state index in [0.717, 1.165) is 11.4 Å². The summed E-state index contributed by atoms with van der Waals surface area (Å²) < 4.78 is 5.78. The quantitative estimate of drug-likeness (QED) is 0.592. The van der Waals surface area contributed by atoms with Gasteiger partial charge in [-0.1, -0.05) is 37.6 Å². The third-order valence-electron chi connectivity index (χ3n) is 3.00. The maximum Gasteiger partial charge on any atom is 0.0767 e. The molecule has 0 fully saturated rings. The Bertz CT molecular complexity index is 340. The average molecular weight is 271 g/mol. The van der Waals surface area contributed by atoms with Gasteiger partial charge in [0.15, 0.2) is 0 Å². The summed E-state index contributed by atoms with van der Waals surface area (Å²) in [5.74, 6) is 6.08. The van der Waals surface area contributed by atoms with Gasteiger partial charge in [0, 0.05) is 11.6 Å². The van der Waals surface area contributed by atoms with E-state index in [0.29, 0.717) is 12.5 Å². The fourth-order valence-corrected chi connectivity index (χ4v) is 2.24. The molecule has 0 heterocycles. The van der Waals surface area contributed by atoms with E-state index in [-0.39, 0.29) is 12.1 Å². The Labute approximate surface area is 115 Å². The van der Waals surface area contributed by atoms with Crippen molar-refractivity contribution in [1.29, 1.82) is 0 Å². The lowest BCUT2D eigenvalue weighted by Gasteiger charge is -2.29. The van der Waals surface area contributed by atoms with Gasteiger partial charge in [0.1, 0.15) is 0 Å². The highest BCUT2D eigenvalue weighted by Gasteiger charge is 2.24. The van der Waals surface area contributed by atoms with Crippen LogP contribution in [0.1, 0.15) is 26.3 Å². The largest absolute Gasteiger partial charge is 0.377 e. The predicted octanol–water partition coefficient (Wildman–Crippen LogP) is 2.78. The Kier molecular flexibility index (Phi) is 6.65. The molecule has 102 valence electrons. The zero-order valence-corrected chi connectivity index (χ0v) is 12.1. The van der Waals surface area contributed by atoms with E-state index < -0.39 is 0 Å². The molecule has 0 aliphatic heterocycles. The van der Waals surface area contributed by atoms with E-state index in [1.54, 1.807) is 0 Å². The minimum atomic E-state index is 0.103. The molecule has 0 spiro atoms. The molecule has 1 rings (SSSR count). The Balaban J connectivity index is 2.72. The molecule has 0 aliphatic rings. The maximum atomic E-state index is 5.88. The van der Waals surface area contributed by atoms with E-state index in [1.807, 2.05) is 31.2 Å². The molecule has 1 aromatic carbocycles. The summed E-state index contributed by atoms with van der Waals surface area (Å²) in [6, 6.07) is 7.95. The summed E-state index contributed by atoms with van der Waals surface area (Å²) in [5.41, 5.74) is 4.07. The highest BCUT2D eigenvalue weighted by atomic mass is 35.5. The summed E-state index contributed by atoms with van der Waals surface area (Å²) in [7, 11) is 0. The number of ether oxygens (including phenoxy) is 1. The first-order chi connectivity index (χ1) is 8.58. The molecule has 4 heteroatoms. The number of hydrogen-bond donors (Lipinski definition) is 2. The number of rotatable bonds is 7. The van der Waals surface area contributed by atoms with Gasteiger partial charge in [-0.3, -0.25) is 11.3 Å². The van der Waals surface area contributed by atoms with Gasteiger partial charge >= 0.3 is 0 Å². The molecule has 0 aliphatic carbocycles. The first kappa shape index (κ1) is 15.4. The van der Waals surface area contributed by atoms with E-state index in [4.69, 9.17) is 22.2 Å². The topological polar surface area (TPSA) is 47.3 Å². The van der Waals surface area contributed by atoms with Crippen molar-refractivity contribution in [3.8, 4) is 0 Å². The molecule has 0 saturated heterocycles. The lowest BCUT2D eigenvalue weighted by atomic mass is 9.94. The van der Waals surface area contributed by atoms with Gasteiger partial charge in [0.2, 0.25) is 0 Å². The highest BCUT2D eigenvalue weighted by Crippen LogP contribution is 2.17. The van der Waals surface area contributed by atoms with Crippen LogP contribution in [0.15, 0.2) is 24.3 Å². The van der Waals surface area contributed by atoms with Crippen molar-refractivity contribution in [2.45, 2.75) is 39.3 Å². The lowest BCUT2D eigenvalue weighted by molar-refractivity contribution is 0.00355. The maximum absolute atomic E-state index is 5.88. The third-order valence-corrected chi connectivity index (χ3v) is 3.25. The minimum Gasteiger partial charge on any atom is -0.377 e. The van der Waals surface area contributed by atoms with Crippen LogP contribution in [0.2, 0.25) is 5.02 Å². The van der Waals surface area contributed by atoms with Crippen LogP contribution in [-0.4, -0.2) is 18.8 Å². The zero-order valence-electron chi connectivity index (χ0n) is 11.3. The second-order valence-electron chi connectivity index (χ2n) is 4.77. The van der Waals surface area contributed by atoms with Crippen molar-refractivity contribution >= 4 is 11.6 Å². The van der Waals surface area contributed by atoms with Crippen molar-refractivity contribution in [1.82, 2.24) is 5.43 Å². The standard InChI is InChI=1S/C14H23ClN2O/c1-4-18-14(10(2)3)13(17-16)9-11-5-7-12(15)8-6-11/h5-8,10,13-14,17H,4,9,16H2,1-3H3.